The van der Waals surface area contributed by atoms with Crippen LogP contribution < -0.4 is 14.8 Å². The first kappa shape index (κ1) is 27.0. The minimum atomic E-state index is -4.89. The zero-order chi connectivity index (χ0) is 27.3. The number of alkyl halides is 3. The number of carbonyl (C=O) groups excluding carboxylic acids is 2. The summed E-state index contributed by atoms with van der Waals surface area (Å²) in [5.74, 6) is -0.640. The molecule has 2 heterocycles. The molecule has 4 rings (SSSR count). The minimum Gasteiger partial charge on any atom is -0.493 e. The van der Waals surface area contributed by atoms with Gasteiger partial charge in [0, 0.05) is 24.2 Å². The van der Waals surface area contributed by atoms with Crippen molar-refractivity contribution in [3.8, 4) is 11.5 Å². The first-order chi connectivity index (χ1) is 18.2. The molecule has 2 atom stereocenters. The van der Waals surface area contributed by atoms with E-state index in [1.54, 1.807) is 36.5 Å². The highest BCUT2D eigenvalue weighted by atomic mass is 32.2. The van der Waals surface area contributed by atoms with Gasteiger partial charge in [-0.1, -0.05) is 49.0 Å². The van der Waals surface area contributed by atoms with E-state index in [0.29, 0.717) is 23.3 Å². The van der Waals surface area contributed by atoms with Gasteiger partial charge in [0.1, 0.15) is 0 Å². The number of carbonyl (C=O) groups is 2. The summed E-state index contributed by atoms with van der Waals surface area (Å²) in [6.45, 7) is 2.13. The van der Waals surface area contributed by atoms with Gasteiger partial charge in [0.15, 0.2) is 17.7 Å². The fraction of sp³-hybridized carbons (Fsp3) is 0.280. The summed E-state index contributed by atoms with van der Waals surface area (Å²) in [5.41, 5.74) is 1.49. The van der Waals surface area contributed by atoms with E-state index in [9.17, 15) is 22.8 Å². The van der Waals surface area contributed by atoms with Crippen molar-refractivity contribution in [2.45, 2.75) is 31.1 Å². The number of aliphatic imine (C=N–C) groups is 1. The molecule has 2 aromatic carbocycles. The third kappa shape index (κ3) is 6.28. The number of hydrazone groups is 1. The van der Waals surface area contributed by atoms with E-state index in [4.69, 9.17) is 4.74 Å². The highest BCUT2D eigenvalue weighted by Gasteiger charge is 2.37. The molecule has 0 bridgehead atoms. The number of halogens is 3. The second-order valence-electron chi connectivity index (χ2n) is 8.07. The van der Waals surface area contributed by atoms with Crippen LogP contribution in [-0.4, -0.2) is 58.4 Å². The molecule has 0 saturated carbocycles. The van der Waals surface area contributed by atoms with Gasteiger partial charge in [-0.25, -0.2) is 4.79 Å². The Morgan fingerprint density at radius 2 is 1.97 bits per heavy atom. The quantitative estimate of drug-likeness (QED) is 0.493. The van der Waals surface area contributed by atoms with Gasteiger partial charge < -0.3 is 14.8 Å². The average Bonchev–Trinajstić information content (AvgIpc) is 2.92. The SMILES string of the molecule is CCC1SC(=O)N(C(NC(=O)N2C=CN=CC2)c2ccccc2)N=C1c1ccc(OC(F)(F)F)c(OC)c1. The molecular weight excluding hydrogens is 523 g/mol. The number of urea groups is 1. The van der Waals surface area contributed by atoms with Crippen molar-refractivity contribution >= 4 is 35.0 Å². The maximum absolute atomic E-state index is 13.3. The van der Waals surface area contributed by atoms with Crippen molar-refractivity contribution in [2.24, 2.45) is 10.1 Å². The lowest BCUT2D eigenvalue weighted by molar-refractivity contribution is -0.275. The number of thioether (sulfide) groups is 1. The highest BCUT2D eigenvalue weighted by molar-refractivity contribution is 8.14. The van der Waals surface area contributed by atoms with E-state index in [0.717, 1.165) is 17.8 Å². The van der Waals surface area contributed by atoms with Crippen LogP contribution in [0.25, 0.3) is 0 Å². The summed E-state index contributed by atoms with van der Waals surface area (Å²) in [6.07, 6.45) is -0.766. The van der Waals surface area contributed by atoms with Crippen molar-refractivity contribution < 1.29 is 32.2 Å². The molecule has 0 saturated heterocycles. The molecule has 0 aliphatic carbocycles. The maximum atomic E-state index is 13.3. The van der Waals surface area contributed by atoms with Crippen LogP contribution in [0, 0.1) is 0 Å². The third-order valence-corrected chi connectivity index (χ3v) is 6.83. The molecule has 38 heavy (non-hydrogen) atoms. The first-order valence-corrected chi connectivity index (χ1v) is 12.4. The Hall–Kier alpha value is -4.00. The van der Waals surface area contributed by atoms with Crippen molar-refractivity contribution in [3.63, 3.8) is 0 Å². The second kappa shape index (κ2) is 11.6. The molecule has 1 N–H and O–H groups in total. The van der Waals surface area contributed by atoms with Crippen LogP contribution in [0.4, 0.5) is 22.8 Å². The Balaban J connectivity index is 1.73. The van der Waals surface area contributed by atoms with Crippen LogP contribution >= 0.6 is 11.8 Å². The Morgan fingerprint density at radius 3 is 2.61 bits per heavy atom. The van der Waals surface area contributed by atoms with Gasteiger partial charge in [0.05, 0.1) is 24.6 Å². The number of amides is 3. The lowest BCUT2D eigenvalue weighted by Crippen LogP contribution is -2.48. The van der Waals surface area contributed by atoms with E-state index < -0.39 is 29.5 Å². The lowest BCUT2D eigenvalue weighted by Gasteiger charge is -2.35. The zero-order valence-corrected chi connectivity index (χ0v) is 21.2. The maximum Gasteiger partial charge on any atom is 0.573 e. The number of nitrogens with one attached hydrogen (secondary N) is 1. The number of hydrogen-bond donors (Lipinski definition) is 1. The normalized spacial score (nSPS) is 18.2. The molecule has 0 fully saturated rings. The Morgan fingerprint density at radius 1 is 1.21 bits per heavy atom. The lowest BCUT2D eigenvalue weighted by atomic mass is 10.0. The zero-order valence-electron chi connectivity index (χ0n) is 20.4. The number of nitrogens with zero attached hydrogens (tertiary/aromatic N) is 4. The van der Waals surface area contributed by atoms with Gasteiger partial charge in [0.25, 0.3) is 0 Å². The monoisotopic (exact) mass is 547 g/mol. The molecule has 2 aliphatic heterocycles. The van der Waals surface area contributed by atoms with Gasteiger partial charge in [-0.2, -0.15) is 10.1 Å². The Bertz CT molecular complexity index is 1270. The van der Waals surface area contributed by atoms with Crippen LogP contribution in [0.2, 0.25) is 0 Å². The van der Waals surface area contributed by atoms with Crippen LogP contribution in [-0.2, 0) is 0 Å². The fourth-order valence-corrected chi connectivity index (χ4v) is 4.78. The molecule has 2 unspecified atom stereocenters. The molecule has 3 amide bonds. The number of hydrogen-bond acceptors (Lipinski definition) is 7. The fourth-order valence-electron chi connectivity index (χ4n) is 3.82. The van der Waals surface area contributed by atoms with E-state index in [1.165, 1.54) is 41.6 Å². The molecule has 0 radical (unpaired) electrons. The number of rotatable bonds is 7. The molecule has 0 aromatic heterocycles. The van der Waals surface area contributed by atoms with Crippen LogP contribution in [0.15, 0.2) is 71.0 Å². The van der Waals surface area contributed by atoms with Crippen molar-refractivity contribution in [1.29, 1.82) is 0 Å². The summed E-state index contributed by atoms with van der Waals surface area (Å²) >= 11 is 1.01. The van der Waals surface area contributed by atoms with Crippen LogP contribution in [0.3, 0.4) is 0 Å². The standard InChI is InChI=1S/C25H24F3N5O4S/c1-3-20-21(17-9-10-18(19(15-17)36-2)37-25(26,27)28)31-33(24(35)38-20)22(16-7-5-4-6-8-16)30-23(34)32-13-11-29-12-14-32/h4-13,15,20,22H,3,14H2,1-2H3,(H,30,34). The summed E-state index contributed by atoms with van der Waals surface area (Å²) in [7, 11) is 1.23. The van der Waals surface area contributed by atoms with Gasteiger partial charge >= 0.3 is 17.6 Å². The smallest absolute Gasteiger partial charge is 0.493 e. The molecule has 9 nitrogen and oxygen atoms in total. The van der Waals surface area contributed by atoms with Crippen molar-refractivity contribution in [3.05, 3.63) is 72.1 Å². The van der Waals surface area contributed by atoms with E-state index >= 15 is 0 Å². The largest absolute Gasteiger partial charge is 0.573 e. The molecule has 0 spiro atoms. The molecule has 2 aliphatic rings. The highest BCUT2D eigenvalue weighted by Crippen LogP contribution is 2.37. The Labute approximate surface area is 221 Å². The minimum absolute atomic E-state index is 0.141. The summed E-state index contributed by atoms with van der Waals surface area (Å²) in [6, 6.07) is 12.3. The van der Waals surface area contributed by atoms with E-state index in [1.807, 2.05) is 6.92 Å². The van der Waals surface area contributed by atoms with Gasteiger partial charge in [-0.15, -0.1) is 13.2 Å². The first-order valence-electron chi connectivity index (χ1n) is 11.5. The topological polar surface area (TPSA) is 95.8 Å². The van der Waals surface area contributed by atoms with Gasteiger partial charge in [0.2, 0.25) is 0 Å². The summed E-state index contributed by atoms with van der Waals surface area (Å²) in [5, 5.41) is 7.88. The number of benzene rings is 2. The van der Waals surface area contributed by atoms with E-state index in [-0.39, 0.29) is 17.5 Å². The molecule has 2 aromatic rings. The molecular formula is C25H24F3N5O4S. The van der Waals surface area contributed by atoms with Gasteiger partial charge in [-0.05, 0) is 30.2 Å². The third-order valence-electron chi connectivity index (χ3n) is 5.60. The molecule has 200 valence electrons. The van der Waals surface area contributed by atoms with E-state index in [2.05, 4.69) is 20.1 Å². The Kier molecular flexibility index (Phi) is 8.25. The molecule has 13 heteroatoms. The number of methoxy groups -OCH3 is 1. The predicted octanol–water partition coefficient (Wildman–Crippen LogP) is 5.51. The van der Waals surface area contributed by atoms with Crippen molar-refractivity contribution in [2.75, 3.05) is 13.7 Å². The summed E-state index contributed by atoms with van der Waals surface area (Å²) < 4.78 is 47.6. The predicted molar refractivity (Wildman–Crippen MR) is 137 cm³/mol. The number of ether oxygens (including phenoxy) is 2. The second-order valence-corrected chi connectivity index (χ2v) is 9.22. The van der Waals surface area contributed by atoms with Gasteiger partial charge in [-0.3, -0.25) is 14.7 Å². The van der Waals surface area contributed by atoms with Crippen molar-refractivity contribution in [1.82, 2.24) is 15.2 Å². The van der Waals surface area contributed by atoms with Crippen LogP contribution in [0.1, 0.15) is 30.6 Å². The average molecular weight is 548 g/mol. The summed E-state index contributed by atoms with van der Waals surface area (Å²) in [4.78, 5) is 31.6. The van der Waals surface area contributed by atoms with Crippen LogP contribution in [0.5, 0.6) is 11.5 Å².